The van der Waals surface area contributed by atoms with Gasteiger partial charge in [-0.15, -0.1) is 0 Å². The average Bonchev–Trinajstić information content (AvgIpc) is 2.30. The summed E-state index contributed by atoms with van der Waals surface area (Å²) in [6.45, 7) is 5.26. The Kier molecular flexibility index (Phi) is 5.76. The van der Waals surface area contributed by atoms with E-state index in [1.54, 1.807) is 6.92 Å². The molecule has 0 saturated heterocycles. The van der Waals surface area contributed by atoms with Crippen molar-refractivity contribution in [2.45, 2.75) is 37.7 Å². The van der Waals surface area contributed by atoms with Crippen molar-refractivity contribution in [1.82, 2.24) is 4.72 Å². The van der Waals surface area contributed by atoms with Gasteiger partial charge in [-0.05, 0) is 47.3 Å². The van der Waals surface area contributed by atoms with Crippen molar-refractivity contribution in [2.75, 3.05) is 12.3 Å². The van der Waals surface area contributed by atoms with Crippen molar-refractivity contribution in [2.24, 2.45) is 5.92 Å². The number of nitrogens with two attached hydrogens (primary N) is 1. The highest BCUT2D eigenvalue weighted by Crippen LogP contribution is 2.26. The topological polar surface area (TPSA) is 92.4 Å². The first-order chi connectivity index (χ1) is 9.44. The molecule has 5 nitrogen and oxygen atoms in total. The Balaban J connectivity index is 2.95. The molecule has 1 aromatic carbocycles. The summed E-state index contributed by atoms with van der Waals surface area (Å²) in [4.78, 5) is -0.226. The zero-order valence-corrected chi connectivity index (χ0v) is 14.6. The van der Waals surface area contributed by atoms with Crippen molar-refractivity contribution in [3.8, 4) is 0 Å². The summed E-state index contributed by atoms with van der Waals surface area (Å²) < 4.78 is 40.0. The van der Waals surface area contributed by atoms with Crippen molar-refractivity contribution in [3.05, 3.63) is 22.4 Å². The summed E-state index contributed by atoms with van der Waals surface area (Å²) in [7, 11) is -3.93. The minimum Gasteiger partial charge on any atom is -0.398 e. The van der Waals surface area contributed by atoms with Gasteiger partial charge in [0.15, 0.2) is 0 Å². The maximum Gasteiger partial charge on any atom is 0.242 e. The number of nitrogens with one attached hydrogen (secondary N) is 1. The largest absolute Gasteiger partial charge is 0.398 e. The Labute approximate surface area is 132 Å². The molecule has 0 fully saturated rings. The second-order valence-corrected chi connectivity index (χ2v) is 8.31. The van der Waals surface area contributed by atoms with Gasteiger partial charge in [-0.2, -0.15) is 0 Å². The molecule has 0 amide bonds. The van der Waals surface area contributed by atoms with Gasteiger partial charge in [0.1, 0.15) is 10.7 Å². The van der Waals surface area contributed by atoms with Crippen LogP contribution in [-0.4, -0.2) is 25.7 Å². The Morgan fingerprint density at radius 1 is 1.48 bits per heavy atom. The van der Waals surface area contributed by atoms with Gasteiger partial charge in [0.05, 0.1) is 15.8 Å². The van der Waals surface area contributed by atoms with Gasteiger partial charge in [0.25, 0.3) is 0 Å². The van der Waals surface area contributed by atoms with Gasteiger partial charge in [-0.25, -0.2) is 17.5 Å². The second kappa shape index (κ2) is 6.60. The molecule has 0 aliphatic heterocycles. The fraction of sp³-hybridized carbons (Fsp3) is 0.538. The smallest absolute Gasteiger partial charge is 0.242 e. The summed E-state index contributed by atoms with van der Waals surface area (Å²) in [5.74, 6) is -0.423. The zero-order valence-electron chi connectivity index (χ0n) is 12.2. The summed E-state index contributed by atoms with van der Waals surface area (Å²) in [5, 5.41) is 10.1. The van der Waals surface area contributed by atoms with Crippen LogP contribution in [0.1, 0.15) is 27.2 Å². The monoisotopic (exact) mass is 382 g/mol. The van der Waals surface area contributed by atoms with Crippen molar-refractivity contribution in [3.63, 3.8) is 0 Å². The Morgan fingerprint density at radius 2 is 2.05 bits per heavy atom. The van der Waals surface area contributed by atoms with Crippen molar-refractivity contribution >= 4 is 31.6 Å². The molecule has 0 aromatic heterocycles. The van der Waals surface area contributed by atoms with Gasteiger partial charge >= 0.3 is 0 Å². The lowest BCUT2D eigenvalue weighted by atomic mass is 9.95. The molecule has 0 aliphatic carbocycles. The molecule has 120 valence electrons. The highest BCUT2D eigenvalue weighted by molar-refractivity contribution is 9.10. The molecule has 21 heavy (non-hydrogen) atoms. The van der Waals surface area contributed by atoms with Gasteiger partial charge in [-0.3, -0.25) is 0 Å². The highest BCUT2D eigenvalue weighted by atomic mass is 79.9. The van der Waals surface area contributed by atoms with E-state index >= 15 is 0 Å². The molecule has 0 bridgehead atoms. The van der Waals surface area contributed by atoms with Crippen LogP contribution in [0.3, 0.4) is 0 Å². The quantitative estimate of drug-likeness (QED) is 0.657. The predicted molar refractivity (Wildman–Crippen MR) is 83.8 cm³/mol. The van der Waals surface area contributed by atoms with Gasteiger partial charge < -0.3 is 10.8 Å². The molecular weight excluding hydrogens is 363 g/mol. The molecule has 0 radical (unpaired) electrons. The summed E-state index contributed by atoms with van der Waals surface area (Å²) in [6, 6.07) is 2.04. The number of sulfonamides is 1. The molecule has 1 atom stereocenters. The fourth-order valence-corrected chi connectivity index (χ4v) is 3.85. The fourth-order valence-electron chi connectivity index (χ4n) is 2.06. The van der Waals surface area contributed by atoms with Crippen LogP contribution in [0.25, 0.3) is 0 Å². The van der Waals surface area contributed by atoms with Crippen molar-refractivity contribution < 1.29 is 17.9 Å². The van der Waals surface area contributed by atoms with E-state index in [1.807, 2.05) is 13.8 Å². The molecular formula is C13H20BrFN2O3S. The third kappa shape index (κ3) is 5.21. The van der Waals surface area contributed by atoms with Crippen LogP contribution in [0.2, 0.25) is 0 Å². The molecule has 8 heteroatoms. The lowest BCUT2D eigenvalue weighted by Crippen LogP contribution is -2.41. The van der Waals surface area contributed by atoms with E-state index in [1.165, 1.54) is 0 Å². The van der Waals surface area contributed by atoms with E-state index in [-0.39, 0.29) is 27.5 Å². The number of nitrogen functional groups attached to an aromatic ring is 1. The lowest BCUT2D eigenvalue weighted by Gasteiger charge is -2.25. The van der Waals surface area contributed by atoms with Crippen LogP contribution in [-0.2, 0) is 10.0 Å². The molecule has 0 saturated carbocycles. The number of benzene rings is 1. The number of aliphatic hydroxyl groups is 1. The second-order valence-electron chi connectivity index (χ2n) is 5.72. The molecule has 1 aromatic rings. The summed E-state index contributed by atoms with van der Waals surface area (Å²) in [5.41, 5.74) is 4.19. The van der Waals surface area contributed by atoms with Crippen LogP contribution in [0.15, 0.2) is 21.5 Å². The Hall–Kier alpha value is -0.700. The van der Waals surface area contributed by atoms with Gasteiger partial charge in [0, 0.05) is 6.54 Å². The molecule has 1 unspecified atom stereocenters. The predicted octanol–water partition coefficient (Wildman–Crippen LogP) is 2.25. The third-order valence-corrected chi connectivity index (χ3v) is 4.90. The first-order valence-electron chi connectivity index (χ1n) is 6.41. The normalized spacial score (nSPS) is 15.2. The van der Waals surface area contributed by atoms with Crippen molar-refractivity contribution in [1.29, 1.82) is 0 Å². The summed E-state index contributed by atoms with van der Waals surface area (Å²) >= 11 is 2.92. The SMILES string of the molecule is CC(C)CC(C)(O)CNS(=O)(=O)c1cc(Br)c(F)cc1N. The number of hydrogen-bond donors (Lipinski definition) is 3. The van der Waals surface area contributed by atoms with Crippen LogP contribution >= 0.6 is 15.9 Å². The minimum atomic E-state index is -3.93. The van der Waals surface area contributed by atoms with E-state index in [2.05, 4.69) is 20.7 Å². The van der Waals surface area contributed by atoms with E-state index in [4.69, 9.17) is 5.73 Å². The average molecular weight is 383 g/mol. The van der Waals surface area contributed by atoms with E-state index in [0.29, 0.717) is 6.42 Å². The van der Waals surface area contributed by atoms with Crippen LogP contribution in [0, 0.1) is 11.7 Å². The number of hydrogen-bond acceptors (Lipinski definition) is 4. The van der Waals surface area contributed by atoms with E-state index < -0.39 is 21.4 Å². The zero-order chi connectivity index (χ0) is 16.4. The maximum absolute atomic E-state index is 13.3. The van der Waals surface area contributed by atoms with E-state index in [9.17, 15) is 17.9 Å². The minimum absolute atomic E-state index is 0.00557. The van der Waals surface area contributed by atoms with Gasteiger partial charge in [-0.1, -0.05) is 13.8 Å². The molecule has 4 N–H and O–H groups in total. The highest BCUT2D eigenvalue weighted by Gasteiger charge is 2.26. The number of halogens is 2. The van der Waals surface area contributed by atoms with Crippen LogP contribution < -0.4 is 10.5 Å². The van der Waals surface area contributed by atoms with E-state index in [0.717, 1.165) is 12.1 Å². The van der Waals surface area contributed by atoms with Crippen LogP contribution in [0.4, 0.5) is 10.1 Å². The maximum atomic E-state index is 13.3. The molecule has 0 spiro atoms. The summed E-state index contributed by atoms with van der Waals surface area (Å²) in [6.07, 6.45) is 0.443. The van der Waals surface area contributed by atoms with Crippen LogP contribution in [0.5, 0.6) is 0 Å². The molecule has 0 aliphatic rings. The first-order valence-corrected chi connectivity index (χ1v) is 8.69. The molecule has 0 heterocycles. The third-order valence-electron chi connectivity index (χ3n) is 2.83. The number of rotatable bonds is 6. The standard InChI is InChI=1S/C13H20BrFN2O3S/c1-8(2)6-13(3,18)7-17-21(19,20)12-4-9(14)10(15)5-11(12)16/h4-5,8,17-18H,6-7,16H2,1-3H3. The van der Waals surface area contributed by atoms with Gasteiger partial charge in [0.2, 0.25) is 10.0 Å². The Bertz CT molecular complexity index is 618. The molecule has 1 rings (SSSR count). The lowest BCUT2D eigenvalue weighted by molar-refractivity contribution is 0.0437. The number of anilines is 1. The first kappa shape index (κ1) is 18.3. The Morgan fingerprint density at radius 3 is 2.57 bits per heavy atom.